The summed E-state index contributed by atoms with van der Waals surface area (Å²) in [6, 6.07) is -0.129. The van der Waals surface area contributed by atoms with Crippen molar-refractivity contribution >= 4 is 15.9 Å². The maximum atomic E-state index is 12.0. The Hall–Kier alpha value is -1.04. The molecule has 2 aliphatic rings. The minimum absolute atomic E-state index is 0.129. The molecule has 1 atom stereocenters. The molecule has 0 aromatic heterocycles. The van der Waals surface area contributed by atoms with Gasteiger partial charge in [0.2, 0.25) is 0 Å². The third-order valence-electron chi connectivity index (χ3n) is 4.40. The summed E-state index contributed by atoms with van der Waals surface area (Å²) in [5.41, 5.74) is 1.45. The SMILES string of the molecule is CS(=O)(=O)[C@@H]1CCN(C(=O)NCCC2=CCCCCC2)C1. The van der Waals surface area contributed by atoms with Gasteiger partial charge in [-0.05, 0) is 38.5 Å². The average Bonchev–Trinajstić information content (AvgIpc) is 2.79. The number of carbonyl (C=O) groups excluding carboxylic acids is 1. The van der Waals surface area contributed by atoms with E-state index in [0.29, 0.717) is 26.1 Å². The fraction of sp³-hybridized carbons (Fsp3) is 0.800. The van der Waals surface area contributed by atoms with E-state index in [1.54, 1.807) is 4.90 Å². The number of hydrogen-bond acceptors (Lipinski definition) is 3. The highest BCUT2D eigenvalue weighted by Gasteiger charge is 2.32. The third kappa shape index (κ3) is 5.02. The van der Waals surface area contributed by atoms with Gasteiger partial charge in [0, 0.05) is 25.9 Å². The van der Waals surface area contributed by atoms with Gasteiger partial charge in [0.25, 0.3) is 0 Å². The first-order valence-corrected chi connectivity index (χ1v) is 9.82. The highest BCUT2D eigenvalue weighted by Crippen LogP contribution is 2.19. The molecule has 1 fully saturated rings. The lowest BCUT2D eigenvalue weighted by Crippen LogP contribution is -2.40. The van der Waals surface area contributed by atoms with E-state index in [-0.39, 0.29) is 6.03 Å². The lowest BCUT2D eigenvalue weighted by atomic mass is 10.1. The monoisotopic (exact) mass is 314 g/mol. The Labute approximate surface area is 127 Å². The number of likely N-dealkylation sites (tertiary alicyclic amines) is 1. The Morgan fingerprint density at radius 3 is 2.90 bits per heavy atom. The summed E-state index contributed by atoms with van der Waals surface area (Å²) in [7, 11) is -3.04. The molecule has 0 aromatic rings. The number of nitrogens with one attached hydrogen (secondary N) is 1. The number of nitrogens with zero attached hydrogens (tertiary/aromatic N) is 1. The van der Waals surface area contributed by atoms with E-state index in [9.17, 15) is 13.2 Å². The molecule has 2 rings (SSSR count). The Balaban J connectivity index is 1.72. The van der Waals surface area contributed by atoms with Crippen molar-refractivity contribution in [2.45, 2.75) is 50.2 Å². The van der Waals surface area contributed by atoms with Crippen LogP contribution in [0.15, 0.2) is 11.6 Å². The predicted molar refractivity (Wildman–Crippen MR) is 84.0 cm³/mol. The van der Waals surface area contributed by atoms with Gasteiger partial charge in [-0.3, -0.25) is 0 Å². The normalized spacial score (nSPS) is 23.6. The van der Waals surface area contributed by atoms with Crippen molar-refractivity contribution < 1.29 is 13.2 Å². The molecule has 0 radical (unpaired) electrons. The molecule has 1 N–H and O–H groups in total. The maximum absolute atomic E-state index is 12.0. The molecule has 1 aliphatic carbocycles. The van der Waals surface area contributed by atoms with E-state index in [0.717, 1.165) is 19.3 Å². The first-order valence-electron chi connectivity index (χ1n) is 7.86. The van der Waals surface area contributed by atoms with Crippen LogP contribution in [0.5, 0.6) is 0 Å². The average molecular weight is 314 g/mol. The minimum Gasteiger partial charge on any atom is -0.338 e. The molecule has 6 heteroatoms. The zero-order chi connectivity index (χ0) is 15.3. The van der Waals surface area contributed by atoms with Crippen molar-refractivity contribution in [3.63, 3.8) is 0 Å². The molecule has 0 spiro atoms. The van der Waals surface area contributed by atoms with Crippen LogP contribution in [-0.2, 0) is 9.84 Å². The van der Waals surface area contributed by atoms with Gasteiger partial charge in [-0.2, -0.15) is 0 Å². The topological polar surface area (TPSA) is 66.5 Å². The summed E-state index contributed by atoms with van der Waals surface area (Å²) in [6.07, 6.45) is 11.2. The van der Waals surface area contributed by atoms with E-state index < -0.39 is 15.1 Å². The van der Waals surface area contributed by atoms with Crippen molar-refractivity contribution in [1.29, 1.82) is 0 Å². The number of sulfone groups is 1. The quantitative estimate of drug-likeness (QED) is 0.808. The van der Waals surface area contributed by atoms with Gasteiger partial charge in [0.1, 0.15) is 0 Å². The van der Waals surface area contributed by atoms with Crippen LogP contribution in [0.4, 0.5) is 4.79 Å². The van der Waals surface area contributed by atoms with Gasteiger partial charge in [-0.15, -0.1) is 0 Å². The summed E-state index contributed by atoms with van der Waals surface area (Å²) in [4.78, 5) is 13.6. The van der Waals surface area contributed by atoms with Crippen LogP contribution in [0.25, 0.3) is 0 Å². The number of carbonyl (C=O) groups is 1. The molecule has 0 aromatic carbocycles. The lowest BCUT2D eigenvalue weighted by molar-refractivity contribution is 0.209. The van der Waals surface area contributed by atoms with Crippen molar-refractivity contribution in [3.8, 4) is 0 Å². The summed E-state index contributed by atoms with van der Waals surface area (Å²) in [5.74, 6) is 0. The molecule has 1 aliphatic heterocycles. The minimum atomic E-state index is -3.04. The van der Waals surface area contributed by atoms with Gasteiger partial charge in [0.15, 0.2) is 9.84 Å². The van der Waals surface area contributed by atoms with Crippen molar-refractivity contribution in [2.24, 2.45) is 0 Å². The van der Waals surface area contributed by atoms with Gasteiger partial charge < -0.3 is 10.2 Å². The van der Waals surface area contributed by atoms with Crippen LogP contribution < -0.4 is 5.32 Å². The van der Waals surface area contributed by atoms with Crippen molar-refractivity contribution in [1.82, 2.24) is 10.2 Å². The molecule has 21 heavy (non-hydrogen) atoms. The number of hydrogen-bond donors (Lipinski definition) is 1. The number of urea groups is 1. The standard InChI is InChI=1S/C15H26N2O3S/c1-21(19,20)14-9-11-17(12-14)15(18)16-10-8-13-6-4-2-3-5-7-13/h6,14H,2-5,7-12H2,1H3,(H,16,18)/t14-/m1/s1. The van der Waals surface area contributed by atoms with Crippen LogP contribution in [0.3, 0.4) is 0 Å². The number of amides is 2. The second-order valence-corrected chi connectivity index (χ2v) is 8.46. The zero-order valence-electron chi connectivity index (χ0n) is 12.8. The van der Waals surface area contributed by atoms with Gasteiger partial charge in [-0.1, -0.05) is 18.1 Å². The summed E-state index contributed by atoms with van der Waals surface area (Å²) < 4.78 is 23.0. The van der Waals surface area contributed by atoms with E-state index in [4.69, 9.17) is 0 Å². The van der Waals surface area contributed by atoms with Gasteiger partial charge in [-0.25, -0.2) is 13.2 Å². The Morgan fingerprint density at radius 2 is 2.19 bits per heavy atom. The second kappa shape index (κ2) is 7.29. The lowest BCUT2D eigenvalue weighted by Gasteiger charge is -2.17. The van der Waals surface area contributed by atoms with E-state index >= 15 is 0 Å². The fourth-order valence-electron chi connectivity index (χ4n) is 3.01. The third-order valence-corrected chi connectivity index (χ3v) is 5.99. The molecule has 1 saturated heterocycles. The van der Waals surface area contributed by atoms with E-state index in [1.807, 2.05) is 0 Å². The molecular weight excluding hydrogens is 288 g/mol. The molecular formula is C15H26N2O3S. The largest absolute Gasteiger partial charge is 0.338 e. The van der Waals surface area contributed by atoms with Gasteiger partial charge >= 0.3 is 6.03 Å². The highest BCUT2D eigenvalue weighted by molar-refractivity contribution is 7.91. The summed E-state index contributed by atoms with van der Waals surface area (Å²) in [6.45, 7) is 1.50. The van der Waals surface area contributed by atoms with Crippen LogP contribution in [-0.4, -0.2) is 50.5 Å². The smallest absolute Gasteiger partial charge is 0.317 e. The van der Waals surface area contributed by atoms with Gasteiger partial charge in [0.05, 0.1) is 5.25 Å². The van der Waals surface area contributed by atoms with E-state index in [1.165, 1.54) is 31.1 Å². The Kier molecular flexibility index (Phi) is 5.67. The molecule has 0 saturated carbocycles. The Bertz CT molecular complexity index is 499. The van der Waals surface area contributed by atoms with Crippen LogP contribution in [0.1, 0.15) is 44.9 Å². The molecule has 0 unspecified atom stereocenters. The first-order chi connectivity index (χ1) is 9.97. The number of allylic oxidation sites excluding steroid dienone is 1. The molecule has 0 bridgehead atoms. The number of rotatable bonds is 4. The molecule has 2 amide bonds. The van der Waals surface area contributed by atoms with Crippen LogP contribution in [0.2, 0.25) is 0 Å². The predicted octanol–water partition coefficient (Wildman–Crippen LogP) is 2.10. The zero-order valence-corrected chi connectivity index (χ0v) is 13.6. The fourth-order valence-corrected chi connectivity index (χ4v) is 4.00. The molecule has 120 valence electrons. The second-order valence-electron chi connectivity index (χ2n) is 6.13. The van der Waals surface area contributed by atoms with Crippen molar-refractivity contribution in [3.05, 3.63) is 11.6 Å². The first kappa shape index (κ1) is 16.3. The highest BCUT2D eigenvalue weighted by atomic mass is 32.2. The summed E-state index contributed by atoms with van der Waals surface area (Å²) >= 11 is 0. The maximum Gasteiger partial charge on any atom is 0.317 e. The summed E-state index contributed by atoms with van der Waals surface area (Å²) in [5, 5.41) is 2.52. The van der Waals surface area contributed by atoms with Crippen molar-refractivity contribution in [2.75, 3.05) is 25.9 Å². The molecule has 1 heterocycles. The Morgan fingerprint density at radius 1 is 1.38 bits per heavy atom. The van der Waals surface area contributed by atoms with E-state index in [2.05, 4.69) is 11.4 Å². The van der Waals surface area contributed by atoms with Crippen LogP contribution >= 0.6 is 0 Å². The van der Waals surface area contributed by atoms with Crippen LogP contribution in [0, 0.1) is 0 Å². The molecule has 5 nitrogen and oxygen atoms in total.